The largest absolute Gasteiger partial charge is 0.478 e. The Labute approximate surface area is 125 Å². The normalized spacial score (nSPS) is 21.4. The number of benzene rings is 1. The van der Waals surface area contributed by atoms with Crippen molar-refractivity contribution in [1.29, 1.82) is 0 Å². The van der Waals surface area contributed by atoms with Crippen molar-refractivity contribution < 1.29 is 24.3 Å². The smallest absolute Gasteiger partial charge is 0.335 e. The summed E-state index contributed by atoms with van der Waals surface area (Å²) in [6, 6.07) is 3.78. The van der Waals surface area contributed by atoms with Crippen molar-refractivity contribution in [2.45, 2.75) is 25.3 Å². The zero-order chi connectivity index (χ0) is 15.9. The van der Waals surface area contributed by atoms with Crippen LogP contribution in [0.3, 0.4) is 0 Å². The summed E-state index contributed by atoms with van der Waals surface area (Å²) in [4.78, 5) is 48.2. The predicted octanol–water partition coefficient (Wildman–Crippen LogP) is 0.188. The van der Waals surface area contributed by atoms with E-state index in [0.29, 0.717) is 24.9 Å². The van der Waals surface area contributed by atoms with Gasteiger partial charge in [0.05, 0.1) is 5.56 Å². The van der Waals surface area contributed by atoms with Crippen LogP contribution in [0.1, 0.15) is 39.1 Å². The highest BCUT2D eigenvalue weighted by atomic mass is 16.4. The molecule has 2 N–H and O–H groups in total. The van der Waals surface area contributed by atoms with Gasteiger partial charge in [0, 0.05) is 18.5 Å². The number of fused-ring (bicyclic) bond motifs is 1. The number of aromatic carboxylic acids is 1. The highest BCUT2D eigenvalue weighted by Crippen LogP contribution is 2.24. The molecule has 0 spiro atoms. The number of nitrogens with zero attached hydrogens (tertiary/aromatic N) is 1. The molecule has 2 heterocycles. The quantitative estimate of drug-likeness (QED) is 0.759. The summed E-state index contributed by atoms with van der Waals surface area (Å²) in [6.07, 6.45) is 1.05. The molecule has 3 amide bonds. The molecule has 0 saturated carbocycles. The fourth-order valence-electron chi connectivity index (χ4n) is 2.90. The molecule has 7 nitrogen and oxygen atoms in total. The SMILES string of the molecule is O=C1CCC(N2CCc3ccc(C(=O)O)cc3C2=O)C(=O)N1. The molecule has 1 aromatic carbocycles. The van der Waals surface area contributed by atoms with Gasteiger partial charge in [0.25, 0.3) is 5.91 Å². The molecule has 22 heavy (non-hydrogen) atoms. The van der Waals surface area contributed by atoms with E-state index in [1.165, 1.54) is 17.0 Å². The number of rotatable bonds is 2. The van der Waals surface area contributed by atoms with E-state index in [2.05, 4.69) is 5.32 Å². The molecule has 2 aliphatic heterocycles. The van der Waals surface area contributed by atoms with Gasteiger partial charge < -0.3 is 10.0 Å². The van der Waals surface area contributed by atoms with E-state index in [0.717, 1.165) is 5.56 Å². The topological polar surface area (TPSA) is 104 Å². The first-order valence-corrected chi connectivity index (χ1v) is 6.98. The summed E-state index contributed by atoms with van der Waals surface area (Å²) in [6.45, 7) is 0.379. The minimum Gasteiger partial charge on any atom is -0.478 e. The van der Waals surface area contributed by atoms with Gasteiger partial charge in [-0.2, -0.15) is 0 Å². The first-order chi connectivity index (χ1) is 10.5. The van der Waals surface area contributed by atoms with E-state index in [1.807, 2.05) is 0 Å². The third-order valence-corrected chi connectivity index (χ3v) is 4.06. The second-order valence-electron chi connectivity index (χ2n) is 5.39. The van der Waals surface area contributed by atoms with Crippen LogP contribution in [0.15, 0.2) is 18.2 Å². The molecule has 7 heteroatoms. The average Bonchev–Trinajstić information content (AvgIpc) is 2.48. The van der Waals surface area contributed by atoms with Crippen LogP contribution in [-0.2, 0) is 16.0 Å². The number of hydrogen-bond donors (Lipinski definition) is 2. The zero-order valence-electron chi connectivity index (χ0n) is 11.7. The van der Waals surface area contributed by atoms with Gasteiger partial charge in [-0.05, 0) is 30.5 Å². The van der Waals surface area contributed by atoms with Crippen molar-refractivity contribution in [3.05, 3.63) is 34.9 Å². The molecule has 1 saturated heterocycles. The van der Waals surface area contributed by atoms with Crippen molar-refractivity contribution in [3.8, 4) is 0 Å². The number of hydrogen-bond acceptors (Lipinski definition) is 4. The highest BCUT2D eigenvalue weighted by molar-refractivity contribution is 6.05. The molecule has 1 atom stereocenters. The predicted molar refractivity (Wildman–Crippen MR) is 74.3 cm³/mol. The molecule has 1 unspecified atom stereocenters. The Balaban J connectivity index is 1.90. The van der Waals surface area contributed by atoms with Gasteiger partial charge in [-0.3, -0.25) is 19.7 Å². The number of amides is 3. The number of carbonyl (C=O) groups excluding carboxylic acids is 3. The van der Waals surface area contributed by atoms with Gasteiger partial charge in [-0.15, -0.1) is 0 Å². The van der Waals surface area contributed by atoms with Crippen LogP contribution >= 0.6 is 0 Å². The average molecular weight is 302 g/mol. The minimum atomic E-state index is -1.10. The van der Waals surface area contributed by atoms with Crippen molar-refractivity contribution >= 4 is 23.7 Å². The summed E-state index contributed by atoms with van der Waals surface area (Å²) < 4.78 is 0. The second kappa shape index (κ2) is 5.25. The molecule has 0 radical (unpaired) electrons. The summed E-state index contributed by atoms with van der Waals surface area (Å²) in [5.74, 6) is -2.27. The van der Waals surface area contributed by atoms with Gasteiger partial charge in [-0.25, -0.2) is 4.79 Å². The van der Waals surface area contributed by atoms with Gasteiger partial charge >= 0.3 is 5.97 Å². The minimum absolute atomic E-state index is 0.0391. The third-order valence-electron chi connectivity index (χ3n) is 4.06. The lowest BCUT2D eigenvalue weighted by Gasteiger charge is -2.36. The van der Waals surface area contributed by atoms with Crippen LogP contribution < -0.4 is 5.32 Å². The Hall–Kier alpha value is -2.70. The van der Waals surface area contributed by atoms with Crippen LogP contribution in [0.4, 0.5) is 0 Å². The molecule has 1 aromatic rings. The van der Waals surface area contributed by atoms with E-state index in [-0.39, 0.29) is 23.8 Å². The molecular weight excluding hydrogens is 288 g/mol. The molecule has 3 rings (SSSR count). The molecule has 0 aliphatic carbocycles. The Kier molecular flexibility index (Phi) is 3.40. The van der Waals surface area contributed by atoms with Crippen molar-refractivity contribution in [2.75, 3.05) is 6.54 Å². The summed E-state index contributed by atoms with van der Waals surface area (Å²) in [7, 11) is 0. The van der Waals surface area contributed by atoms with Gasteiger partial charge in [-0.1, -0.05) is 6.07 Å². The second-order valence-corrected chi connectivity index (χ2v) is 5.39. The van der Waals surface area contributed by atoms with Gasteiger partial charge in [0.2, 0.25) is 11.8 Å². The maximum atomic E-state index is 12.6. The summed E-state index contributed by atoms with van der Waals surface area (Å²) in [5, 5.41) is 11.3. The lowest BCUT2D eigenvalue weighted by molar-refractivity contribution is -0.136. The number of imide groups is 1. The van der Waals surface area contributed by atoms with Crippen molar-refractivity contribution in [3.63, 3.8) is 0 Å². The lowest BCUT2D eigenvalue weighted by atomic mass is 9.94. The lowest BCUT2D eigenvalue weighted by Crippen LogP contribution is -2.55. The van der Waals surface area contributed by atoms with E-state index in [9.17, 15) is 19.2 Å². The van der Waals surface area contributed by atoms with Crippen molar-refractivity contribution in [1.82, 2.24) is 10.2 Å². The maximum absolute atomic E-state index is 12.6. The number of carbonyl (C=O) groups is 4. The summed E-state index contributed by atoms with van der Waals surface area (Å²) in [5.41, 5.74) is 1.13. The number of carboxylic acid groups (broad SMARTS) is 1. The Morgan fingerprint density at radius 2 is 2.00 bits per heavy atom. The maximum Gasteiger partial charge on any atom is 0.335 e. The van der Waals surface area contributed by atoms with Gasteiger partial charge in [0.15, 0.2) is 0 Å². The molecular formula is C15H14N2O5. The Morgan fingerprint density at radius 3 is 2.68 bits per heavy atom. The molecule has 114 valence electrons. The zero-order valence-corrected chi connectivity index (χ0v) is 11.7. The van der Waals surface area contributed by atoms with E-state index < -0.39 is 17.9 Å². The number of carboxylic acids is 1. The van der Waals surface area contributed by atoms with Crippen LogP contribution in [-0.4, -0.2) is 46.3 Å². The monoisotopic (exact) mass is 302 g/mol. The Morgan fingerprint density at radius 1 is 1.23 bits per heavy atom. The first kappa shape index (κ1) is 14.2. The molecule has 0 aromatic heterocycles. The van der Waals surface area contributed by atoms with Crippen LogP contribution in [0.5, 0.6) is 0 Å². The number of nitrogens with one attached hydrogen (secondary N) is 1. The fraction of sp³-hybridized carbons (Fsp3) is 0.333. The van der Waals surface area contributed by atoms with Crippen molar-refractivity contribution in [2.24, 2.45) is 0 Å². The summed E-state index contributed by atoms with van der Waals surface area (Å²) >= 11 is 0. The fourth-order valence-corrected chi connectivity index (χ4v) is 2.90. The third kappa shape index (κ3) is 2.34. The molecule has 0 bridgehead atoms. The standard InChI is InChI=1S/C15H14N2O5/c18-12-4-3-11(13(19)16-12)17-6-5-8-1-2-9(15(21)22)7-10(8)14(17)20/h1-2,7,11H,3-6H2,(H,21,22)(H,16,18,19). The van der Waals surface area contributed by atoms with Crippen LogP contribution in [0.25, 0.3) is 0 Å². The van der Waals surface area contributed by atoms with Crippen LogP contribution in [0, 0.1) is 0 Å². The van der Waals surface area contributed by atoms with E-state index in [4.69, 9.17) is 5.11 Å². The van der Waals surface area contributed by atoms with E-state index in [1.54, 1.807) is 6.07 Å². The van der Waals surface area contributed by atoms with Gasteiger partial charge in [0.1, 0.15) is 6.04 Å². The molecule has 2 aliphatic rings. The number of piperidine rings is 1. The highest BCUT2D eigenvalue weighted by Gasteiger charge is 2.37. The Bertz CT molecular complexity index is 697. The first-order valence-electron chi connectivity index (χ1n) is 6.98. The van der Waals surface area contributed by atoms with Crippen LogP contribution in [0.2, 0.25) is 0 Å². The van der Waals surface area contributed by atoms with E-state index >= 15 is 0 Å². The molecule has 1 fully saturated rings.